The number of nitrogens with one attached hydrogen (secondary N) is 2. The molecule has 1 aliphatic rings. The smallest absolute Gasteiger partial charge is 0.309 e. The lowest BCUT2D eigenvalue weighted by atomic mass is 9.97. The third-order valence-corrected chi connectivity index (χ3v) is 5.11. The van der Waals surface area contributed by atoms with E-state index in [0.717, 1.165) is 37.3 Å². The van der Waals surface area contributed by atoms with E-state index in [-0.39, 0.29) is 6.54 Å². The molecule has 7 heteroatoms. The van der Waals surface area contributed by atoms with Crippen LogP contribution < -0.4 is 15.5 Å². The minimum atomic E-state index is -0.638. The Labute approximate surface area is 163 Å². The number of pyridine rings is 1. The van der Waals surface area contributed by atoms with Crippen LogP contribution in [0.4, 0.5) is 5.82 Å². The summed E-state index contributed by atoms with van der Waals surface area (Å²) >= 11 is 6.05. The van der Waals surface area contributed by atoms with Crippen LogP contribution >= 0.6 is 11.6 Å². The maximum Gasteiger partial charge on any atom is 0.309 e. The Balaban J connectivity index is 1.38. The first-order valence-corrected chi connectivity index (χ1v) is 9.46. The van der Waals surface area contributed by atoms with Gasteiger partial charge in [-0.05, 0) is 42.5 Å². The summed E-state index contributed by atoms with van der Waals surface area (Å²) in [7, 11) is 0. The highest BCUT2D eigenvalue weighted by atomic mass is 35.5. The Bertz CT molecular complexity index is 777. The molecule has 142 valence electrons. The van der Waals surface area contributed by atoms with Crippen LogP contribution in [-0.2, 0) is 16.1 Å². The predicted molar refractivity (Wildman–Crippen MR) is 105 cm³/mol. The van der Waals surface area contributed by atoms with Crippen molar-refractivity contribution >= 4 is 29.2 Å². The van der Waals surface area contributed by atoms with Gasteiger partial charge in [-0.1, -0.05) is 35.9 Å². The third kappa shape index (κ3) is 5.44. The summed E-state index contributed by atoms with van der Waals surface area (Å²) in [6.45, 7) is 2.54. The van der Waals surface area contributed by atoms with Crippen molar-refractivity contribution in [1.82, 2.24) is 15.6 Å². The van der Waals surface area contributed by atoms with Gasteiger partial charge in [0.15, 0.2) is 0 Å². The lowest BCUT2D eigenvalue weighted by Gasteiger charge is -2.32. The van der Waals surface area contributed by atoms with Gasteiger partial charge in [-0.2, -0.15) is 0 Å². The maximum atomic E-state index is 12.0. The molecule has 1 aromatic carbocycles. The zero-order valence-corrected chi connectivity index (χ0v) is 15.8. The van der Waals surface area contributed by atoms with Crippen LogP contribution in [0.5, 0.6) is 0 Å². The van der Waals surface area contributed by atoms with Gasteiger partial charge in [-0.25, -0.2) is 4.98 Å². The fraction of sp³-hybridized carbons (Fsp3) is 0.350. The number of nitrogens with zero attached hydrogens (tertiary/aromatic N) is 2. The second-order valence-electron chi connectivity index (χ2n) is 6.60. The van der Waals surface area contributed by atoms with Crippen molar-refractivity contribution in [1.29, 1.82) is 0 Å². The Morgan fingerprint density at radius 2 is 1.74 bits per heavy atom. The summed E-state index contributed by atoms with van der Waals surface area (Å²) in [6.07, 6.45) is 3.71. The Morgan fingerprint density at radius 3 is 2.44 bits per heavy atom. The maximum absolute atomic E-state index is 12.0. The van der Waals surface area contributed by atoms with Gasteiger partial charge in [0.1, 0.15) is 5.82 Å². The van der Waals surface area contributed by atoms with E-state index in [1.807, 2.05) is 36.4 Å². The molecule has 3 rings (SSSR count). The first-order valence-electron chi connectivity index (χ1n) is 9.09. The molecule has 0 aliphatic carbocycles. The van der Waals surface area contributed by atoms with Crippen LogP contribution in [-0.4, -0.2) is 36.4 Å². The number of hydrogen-bond donors (Lipinski definition) is 2. The molecule has 2 N–H and O–H groups in total. The molecule has 0 bridgehead atoms. The van der Waals surface area contributed by atoms with E-state index in [1.54, 1.807) is 12.3 Å². The van der Waals surface area contributed by atoms with Crippen molar-refractivity contribution in [3.8, 4) is 0 Å². The van der Waals surface area contributed by atoms with Gasteiger partial charge in [-0.15, -0.1) is 0 Å². The highest BCUT2D eigenvalue weighted by Crippen LogP contribution is 2.21. The van der Waals surface area contributed by atoms with Crippen LogP contribution in [0.25, 0.3) is 0 Å². The summed E-state index contributed by atoms with van der Waals surface area (Å²) in [5, 5.41) is 5.91. The molecule has 27 heavy (non-hydrogen) atoms. The molecule has 2 amide bonds. The van der Waals surface area contributed by atoms with Gasteiger partial charge < -0.3 is 15.5 Å². The fourth-order valence-corrected chi connectivity index (χ4v) is 3.32. The zero-order valence-electron chi connectivity index (χ0n) is 15.0. The minimum Gasteiger partial charge on any atom is -0.357 e. The Kier molecular flexibility index (Phi) is 6.65. The van der Waals surface area contributed by atoms with Crippen LogP contribution in [0.1, 0.15) is 18.4 Å². The Morgan fingerprint density at radius 1 is 1.04 bits per heavy atom. The molecule has 2 heterocycles. The van der Waals surface area contributed by atoms with E-state index in [4.69, 9.17) is 11.6 Å². The second kappa shape index (κ2) is 9.37. The fourth-order valence-electron chi connectivity index (χ4n) is 3.12. The van der Waals surface area contributed by atoms with E-state index in [2.05, 4.69) is 20.5 Å². The number of amides is 2. The first-order chi connectivity index (χ1) is 13.1. The number of benzene rings is 1. The lowest BCUT2D eigenvalue weighted by molar-refractivity contribution is -0.139. The molecule has 1 aromatic heterocycles. The lowest BCUT2D eigenvalue weighted by Crippen LogP contribution is -2.43. The van der Waals surface area contributed by atoms with Gasteiger partial charge in [0.2, 0.25) is 0 Å². The van der Waals surface area contributed by atoms with Crippen LogP contribution in [0.15, 0.2) is 48.7 Å². The molecule has 0 spiro atoms. The summed E-state index contributed by atoms with van der Waals surface area (Å²) in [5.74, 6) is 0.110. The van der Waals surface area contributed by atoms with Crippen molar-refractivity contribution in [3.05, 3.63) is 59.2 Å². The monoisotopic (exact) mass is 386 g/mol. The van der Waals surface area contributed by atoms with E-state index in [0.29, 0.717) is 17.5 Å². The van der Waals surface area contributed by atoms with Gasteiger partial charge in [-0.3, -0.25) is 9.59 Å². The largest absolute Gasteiger partial charge is 0.357 e. The standard InChI is InChI=1S/C20H23ClN4O2/c21-17-6-2-1-5-16(17)14-24-20(27)19(26)23-13-15-8-11-25(12-9-15)18-7-3-4-10-22-18/h1-7,10,15H,8-9,11-14H2,(H,23,26)(H,24,27). The molecule has 1 fully saturated rings. The molecule has 1 saturated heterocycles. The van der Waals surface area contributed by atoms with Crippen LogP contribution in [0.3, 0.4) is 0 Å². The summed E-state index contributed by atoms with van der Waals surface area (Å²) in [4.78, 5) is 30.6. The molecule has 1 aliphatic heterocycles. The number of anilines is 1. The van der Waals surface area contributed by atoms with E-state index < -0.39 is 11.8 Å². The normalized spacial score (nSPS) is 14.6. The van der Waals surface area contributed by atoms with Crippen molar-refractivity contribution in [2.75, 3.05) is 24.5 Å². The molecule has 0 atom stereocenters. The highest BCUT2D eigenvalue weighted by molar-refractivity contribution is 6.35. The Hall–Kier alpha value is -2.60. The highest BCUT2D eigenvalue weighted by Gasteiger charge is 2.22. The van der Waals surface area contributed by atoms with E-state index in [9.17, 15) is 9.59 Å². The first kappa shape index (κ1) is 19.2. The SMILES string of the molecule is O=C(NCc1ccccc1Cl)C(=O)NCC1CCN(c2ccccn2)CC1. The van der Waals surface area contributed by atoms with Crippen LogP contribution in [0, 0.1) is 5.92 Å². The number of rotatable bonds is 5. The zero-order chi connectivity index (χ0) is 19.1. The number of halogens is 1. The number of carbonyl (C=O) groups is 2. The van der Waals surface area contributed by atoms with Gasteiger partial charge >= 0.3 is 11.8 Å². The average molecular weight is 387 g/mol. The topological polar surface area (TPSA) is 74.3 Å². The molecule has 0 radical (unpaired) electrons. The average Bonchev–Trinajstić information content (AvgIpc) is 2.72. The van der Waals surface area contributed by atoms with Crippen molar-refractivity contribution in [2.45, 2.75) is 19.4 Å². The summed E-state index contributed by atoms with van der Waals surface area (Å²) in [6, 6.07) is 13.1. The van der Waals surface area contributed by atoms with Crippen molar-refractivity contribution < 1.29 is 9.59 Å². The number of carbonyl (C=O) groups excluding carboxylic acids is 2. The van der Waals surface area contributed by atoms with E-state index >= 15 is 0 Å². The predicted octanol–water partition coefficient (Wildman–Crippen LogP) is 2.38. The van der Waals surface area contributed by atoms with Gasteiger partial charge in [0.05, 0.1) is 0 Å². The molecular formula is C20H23ClN4O2. The molecule has 2 aromatic rings. The van der Waals surface area contributed by atoms with Gasteiger partial charge in [0, 0.05) is 37.4 Å². The van der Waals surface area contributed by atoms with Crippen LogP contribution in [0.2, 0.25) is 5.02 Å². The van der Waals surface area contributed by atoms with Gasteiger partial charge in [0.25, 0.3) is 0 Å². The number of piperidine rings is 1. The molecule has 0 saturated carbocycles. The number of hydrogen-bond acceptors (Lipinski definition) is 4. The number of aromatic nitrogens is 1. The minimum absolute atomic E-state index is 0.231. The summed E-state index contributed by atoms with van der Waals surface area (Å²) in [5.41, 5.74) is 0.780. The summed E-state index contributed by atoms with van der Waals surface area (Å²) < 4.78 is 0. The molecule has 0 unspecified atom stereocenters. The second-order valence-corrected chi connectivity index (χ2v) is 7.01. The third-order valence-electron chi connectivity index (χ3n) is 4.74. The van der Waals surface area contributed by atoms with E-state index in [1.165, 1.54) is 0 Å². The molecule has 6 nitrogen and oxygen atoms in total. The molecular weight excluding hydrogens is 364 g/mol. The quantitative estimate of drug-likeness (QED) is 0.774. The van der Waals surface area contributed by atoms with Crippen molar-refractivity contribution in [2.24, 2.45) is 5.92 Å². The van der Waals surface area contributed by atoms with Crippen molar-refractivity contribution in [3.63, 3.8) is 0 Å².